The van der Waals surface area contributed by atoms with Gasteiger partial charge in [0.1, 0.15) is 0 Å². The molecule has 2 fully saturated rings. The Labute approximate surface area is 150 Å². The van der Waals surface area contributed by atoms with Gasteiger partial charge in [0.2, 0.25) is 5.91 Å². The normalized spacial score (nSPS) is 28.3. The number of amides is 1. The summed E-state index contributed by atoms with van der Waals surface area (Å²) < 4.78 is 0. The second kappa shape index (κ2) is 8.72. The SMILES string of the molecule is CCCCCCCCCCCC(=O)N1C[C@@]2(C)C[C@H]1CC(C)(C)C2. The summed E-state index contributed by atoms with van der Waals surface area (Å²) in [6, 6.07) is 0.518. The van der Waals surface area contributed by atoms with Gasteiger partial charge in [0.15, 0.2) is 0 Å². The van der Waals surface area contributed by atoms with E-state index in [2.05, 4.69) is 32.6 Å². The average Bonchev–Trinajstić information content (AvgIpc) is 2.74. The first-order valence-electron chi connectivity index (χ1n) is 10.6. The molecule has 0 N–H and O–H groups in total. The molecule has 0 radical (unpaired) electrons. The van der Waals surface area contributed by atoms with Gasteiger partial charge in [0, 0.05) is 19.0 Å². The molecular formula is C22H41NO. The highest BCUT2D eigenvalue weighted by Crippen LogP contribution is 2.52. The lowest BCUT2D eigenvalue weighted by atomic mass is 9.65. The topological polar surface area (TPSA) is 20.3 Å². The van der Waals surface area contributed by atoms with Crippen LogP contribution in [0.5, 0.6) is 0 Å². The molecule has 2 heteroatoms. The van der Waals surface area contributed by atoms with E-state index in [4.69, 9.17) is 0 Å². The van der Waals surface area contributed by atoms with Gasteiger partial charge in [-0.15, -0.1) is 0 Å². The highest BCUT2D eigenvalue weighted by molar-refractivity contribution is 5.77. The van der Waals surface area contributed by atoms with Gasteiger partial charge in [0.25, 0.3) is 0 Å². The zero-order valence-electron chi connectivity index (χ0n) is 16.8. The van der Waals surface area contributed by atoms with Crippen LogP contribution in [0.1, 0.15) is 111 Å². The molecule has 140 valence electrons. The Morgan fingerprint density at radius 3 is 2.12 bits per heavy atom. The highest BCUT2D eigenvalue weighted by Gasteiger charge is 2.50. The third-order valence-corrected chi connectivity index (χ3v) is 6.23. The van der Waals surface area contributed by atoms with Crippen LogP contribution in [0.15, 0.2) is 0 Å². The van der Waals surface area contributed by atoms with Crippen molar-refractivity contribution in [3.05, 3.63) is 0 Å². The number of hydrogen-bond acceptors (Lipinski definition) is 1. The maximum Gasteiger partial charge on any atom is 0.222 e. The van der Waals surface area contributed by atoms with Crippen LogP contribution in [-0.2, 0) is 4.79 Å². The van der Waals surface area contributed by atoms with E-state index < -0.39 is 0 Å². The summed E-state index contributed by atoms with van der Waals surface area (Å²) in [7, 11) is 0. The Morgan fingerprint density at radius 2 is 1.50 bits per heavy atom. The van der Waals surface area contributed by atoms with Crippen LogP contribution in [0, 0.1) is 10.8 Å². The number of unbranched alkanes of at least 4 members (excludes halogenated alkanes) is 8. The molecule has 1 aliphatic heterocycles. The molecule has 2 nitrogen and oxygen atoms in total. The van der Waals surface area contributed by atoms with E-state index in [9.17, 15) is 4.79 Å². The van der Waals surface area contributed by atoms with Crippen molar-refractivity contribution >= 4 is 5.91 Å². The van der Waals surface area contributed by atoms with E-state index >= 15 is 0 Å². The van der Waals surface area contributed by atoms with Gasteiger partial charge in [-0.2, -0.15) is 0 Å². The van der Waals surface area contributed by atoms with Crippen LogP contribution in [0.25, 0.3) is 0 Å². The van der Waals surface area contributed by atoms with E-state index in [1.807, 2.05) is 0 Å². The minimum atomic E-state index is 0.376. The Bertz CT molecular complexity index is 403. The number of carbonyl (C=O) groups excluding carboxylic acids is 1. The van der Waals surface area contributed by atoms with Crippen LogP contribution in [0.3, 0.4) is 0 Å². The second-order valence-electron chi connectivity index (χ2n) is 9.81. The lowest BCUT2D eigenvalue weighted by Gasteiger charge is -2.39. The summed E-state index contributed by atoms with van der Waals surface area (Å²) in [4.78, 5) is 14.9. The first kappa shape index (κ1) is 19.8. The first-order valence-corrected chi connectivity index (χ1v) is 10.6. The van der Waals surface area contributed by atoms with E-state index in [1.54, 1.807) is 0 Å². The van der Waals surface area contributed by atoms with Crippen molar-refractivity contribution in [2.45, 2.75) is 117 Å². The molecular weight excluding hydrogens is 294 g/mol. The molecule has 0 spiro atoms. The third kappa shape index (κ3) is 5.77. The van der Waals surface area contributed by atoms with E-state index in [-0.39, 0.29) is 0 Å². The Balaban J connectivity index is 1.60. The molecule has 1 amide bonds. The second-order valence-corrected chi connectivity index (χ2v) is 9.81. The van der Waals surface area contributed by atoms with Gasteiger partial charge in [-0.3, -0.25) is 4.79 Å². The molecule has 1 aliphatic carbocycles. The number of fused-ring (bicyclic) bond motifs is 2. The van der Waals surface area contributed by atoms with Crippen LogP contribution < -0.4 is 0 Å². The largest absolute Gasteiger partial charge is 0.339 e. The molecule has 1 saturated heterocycles. The molecule has 1 heterocycles. The number of nitrogens with zero attached hydrogens (tertiary/aromatic N) is 1. The summed E-state index contributed by atoms with van der Waals surface area (Å²) in [6.45, 7) is 10.4. The summed E-state index contributed by atoms with van der Waals surface area (Å²) >= 11 is 0. The lowest BCUT2D eigenvalue weighted by molar-refractivity contribution is -0.132. The van der Waals surface area contributed by atoms with Crippen molar-refractivity contribution in [1.29, 1.82) is 0 Å². The van der Waals surface area contributed by atoms with E-state index in [0.29, 0.717) is 22.8 Å². The van der Waals surface area contributed by atoms with Crippen LogP contribution >= 0.6 is 0 Å². The number of carbonyl (C=O) groups is 1. The monoisotopic (exact) mass is 335 g/mol. The van der Waals surface area contributed by atoms with Crippen molar-refractivity contribution in [2.75, 3.05) is 6.54 Å². The Hall–Kier alpha value is -0.530. The summed E-state index contributed by atoms with van der Waals surface area (Å²) in [5.41, 5.74) is 0.783. The molecule has 0 aromatic rings. The maximum atomic E-state index is 12.7. The first-order chi connectivity index (χ1) is 11.4. The molecule has 2 atom stereocenters. The fourth-order valence-electron chi connectivity index (χ4n) is 5.48. The van der Waals surface area contributed by atoms with Gasteiger partial charge in [-0.1, -0.05) is 79.1 Å². The van der Waals surface area contributed by atoms with Crippen LogP contribution in [0.4, 0.5) is 0 Å². The van der Waals surface area contributed by atoms with Crippen molar-refractivity contribution < 1.29 is 4.79 Å². The van der Waals surface area contributed by atoms with Crippen LogP contribution in [0.2, 0.25) is 0 Å². The molecule has 2 aliphatic rings. The molecule has 0 aromatic heterocycles. The van der Waals surface area contributed by atoms with Crippen molar-refractivity contribution in [3.63, 3.8) is 0 Å². The molecule has 0 aromatic carbocycles. The third-order valence-electron chi connectivity index (χ3n) is 6.23. The Kier molecular flexibility index (Phi) is 7.19. The number of rotatable bonds is 10. The minimum Gasteiger partial charge on any atom is -0.339 e. The zero-order chi connectivity index (χ0) is 17.6. The highest BCUT2D eigenvalue weighted by atomic mass is 16.2. The van der Waals surface area contributed by atoms with Gasteiger partial charge >= 0.3 is 0 Å². The van der Waals surface area contributed by atoms with Crippen LogP contribution in [-0.4, -0.2) is 23.4 Å². The minimum absolute atomic E-state index is 0.376. The smallest absolute Gasteiger partial charge is 0.222 e. The summed E-state index contributed by atoms with van der Waals surface area (Å²) in [6.07, 6.45) is 16.4. The predicted octanol–water partition coefficient (Wildman–Crippen LogP) is 6.33. The Morgan fingerprint density at radius 1 is 0.917 bits per heavy atom. The van der Waals surface area contributed by atoms with Gasteiger partial charge in [-0.05, 0) is 36.5 Å². The van der Waals surface area contributed by atoms with Crippen molar-refractivity contribution in [2.24, 2.45) is 10.8 Å². The number of hydrogen-bond donors (Lipinski definition) is 0. The standard InChI is InChI=1S/C22H41NO/c1-5-6-7-8-9-10-11-12-13-14-20(24)23-18-22(4)16-19(23)15-21(2,3)17-22/h19H,5-18H2,1-4H3/t19-,22+/m1/s1. The number of likely N-dealkylation sites (tertiary alicyclic amines) is 1. The van der Waals surface area contributed by atoms with Gasteiger partial charge in [-0.25, -0.2) is 0 Å². The molecule has 24 heavy (non-hydrogen) atoms. The van der Waals surface area contributed by atoms with E-state index in [0.717, 1.165) is 19.4 Å². The predicted molar refractivity (Wildman–Crippen MR) is 103 cm³/mol. The molecule has 2 bridgehead atoms. The fourth-order valence-corrected chi connectivity index (χ4v) is 5.48. The summed E-state index contributed by atoms with van der Waals surface area (Å²) in [5.74, 6) is 0.435. The average molecular weight is 336 g/mol. The lowest BCUT2D eigenvalue weighted by Crippen LogP contribution is -2.37. The molecule has 0 unspecified atom stereocenters. The zero-order valence-corrected chi connectivity index (χ0v) is 16.8. The van der Waals surface area contributed by atoms with Crippen molar-refractivity contribution in [1.82, 2.24) is 4.90 Å². The molecule has 1 saturated carbocycles. The maximum absolute atomic E-state index is 12.7. The van der Waals surface area contributed by atoms with E-state index in [1.165, 1.54) is 70.6 Å². The van der Waals surface area contributed by atoms with Gasteiger partial charge < -0.3 is 4.90 Å². The van der Waals surface area contributed by atoms with Crippen molar-refractivity contribution in [3.8, 4) is 0 Å². The fraction of sp³-hybridized carbons (Fsp3) is 0.955. The molecule has 2 rings (SSSR count). The summed E-state index contributed by atoms with van der Waals surface area (Å²) in [5, 5.41) is 0. The van der Waals surface area contributed by atoms with Gasteiger partial charge in [0.05, 0.1) is 0 Å². The quantitative estimate of drug-likeness (QED) is 0.427.